The molecule has 0 saturated heterocycles. The summed E-state index contributed by atoms with van der Waals surface area (Å²) in [6.07, 6.45) is 0. The molecule has 0 amide bonds. The van der Waals surface area contributed by atoms with Crippen LogP contribution >= 0.6 is 0 Å². The third kappa shape index (κ3) is 5.05. The van der Waals surface area contributed by atoms with Crippen LogP contribution in [-0.4, -0.2) is 29.5 Å². The molecule has 0 radical (unpaired) electrons. The van der Waals surface area contributed by atoms with Crippen molar-refractivity contribution < 1.29 is 0 Å². The number of hydrogen-bond donors (Lipinski definition) is 0. The molecule has 2 heterocycles. The van der Waals surface area contributed by atoms with Crippen molar-refractivity contribution >= 4 is 44.6 Å². The summed E-state index contributed by atoms with van der Waals surface area (Å²) in [5.41, 5.74) is 7.87. The molecule has 4 heteroatoms. The first-order chi connectivity index (χ1) is 23.3. The fourth-order valence-electron chi connectivity index (χ4n) is 6.40. The van der Waals surface area contributed by atoms with E-state index in [4.69, 9.17) is 15.0 Å². The molecule has 0 atom stereocenters. The van der Waals surface area contributed by atoms with Crippen molar-refractivity contribution in [3.05, 3.63) is 164 Å². The number of rotatable bonds is 5. The third-order valence-corrected chi connectivity index (χ3v) is 11.3. The topological polar surface area (TPSA) is 38.7 Å². The molecule has 0 unspecified atom stereocenters. The Morgan fingerprint density at radius 1 is 0.362 bits per heavy atom. The van der Waals surface area contributed by atoms with E-state index in [1.165, 1.54) is 46.8 Å². The van der Waals surface area contributed by atoms with Gasteiger partial charge < -0.3 is 0 Å². The normalized spacial score (nSPS) is 11.4. The standard InChI is InChI=1S/C43H27N3Se/c1-3-11-28(12-4-1)30-21-24-32(25-22-30)42-44-41(31-14-5-2-6-15-31)45-43(46-42)37-19-10-20-38-39(37)36-18-9-17-35(40(36)47-38)34-26-23-29-13-7-8-16-33(29)27-34/h1-27H. The van der Waals surface area contributed by atoms with Gasteiger partial charge in [0.1, 0.15) is 0 Å². The Kier molecular flexibility index (Phi) is 6.82. The fourth-order valence-corrected chi connectivity index (χ4v) is 9.06. The molecule has 7 aromatic carbocycles. The molecule has 220 valence electrons. The van der Waals surface area contributed by atoms with Gasteiger partial charge in [0.15, 0.2) is 0 Å². The number of fused-ring (bicyclic) bond motifs is 4. The first kappa shape index (κ1) is 27.6. The second kappa shape index (κ2) is 11.6. The zero-order valence-electron chi connectivity index (χ0n) is 25.3. The summed E-state index contributed by atoms with van der Waals surface area (Å²) in [7, 11) is 0. The van der Waals surface area contributed by atoms with Gasteiger partial charge in [-0.15, -0.1) is 0 Å². The van der Waals surface area contributed by atoms with Crippen molar-refractivity contribution in [2.24, 2.45) is 0 Å². The smallest absolute Gasteiger partial charge is 0.0617 e. The van der Waals surface area contributed by atoms with Gasteiger partial charge in [0, 0.05) is 0 Å². The second-order valence-corrected chi connectivity index (χ2v) is 13.8. The Hall–Kier alpha value is -5.67. The predicted octanol–water partition coefficient (Wildman–Crippen LogP) is 10.7. The maximum absolute atomic E-state index is 5.15. The van der Waals surface area contributed by atoms with Crippen LogP contribution < -0.4 is 0 Å². The number of benzene rings is 7. The minimum absolute atomic E-state index is 0.147. The summed E-state index contributed by atoms with van der Waals surface area (Å²) >= 11 is 0.147. The van der Waals surface area contributed by atoms with E-state index in [-0.39, 0.29) is 14.5 Å². The molecule has 0 bridgehead atoms. The van der Waals surface area contributed by atoms with Crippen LogP contribution in [0.1, 0.15) is 0 Å². The van der Waals surface area contributed by atoms with Crippen molar-refractivity contribution in [3.8, 4) is 56.4 Å². The summed E-state index contributed by atoms with van der Waals surface area (Å²) in [6, 6.07) is 57.8. The SMILES string of the molecule is c1ccc(-c2ccc(-c3nc(-c4ccccc4)nc(-c4cccc5[se]c6c(-c7ccc8ccccc8c7)cccc6c45)n3)cc2)cc1. The molecule has 0 aliphatic carbocycles. The van der Waals surface area contributed by atoms with E-state index in [0.29, 0.717) is 17.5 Å². The Balaban J connectivity index is 1.22. The molecule has 0 aliphatic rings. The maximum atomic E-state index is 5.15. The van der Waals surface area contributed by atoms with Gasteiger partial charge in [0.25, 0.3) is 0 Å². The van der Waals surface area contributed by atoms with Gasteiger partial charge in [-0.2, -0.15) is 0 Å². The Labute approximate surface area is 278 Å². The Bertz CT molecular complexity index is 2550. The zero-order valence-corrected chi connectivity index (χ0v) is 27.1. The van der Waals surface area contributed by atoms with E-state index in [0.717, 1.165) is 22.3 Å². The van der Waals surface area contributed by atoms with Crippen molar-refractivity contribution in [2.75, 3.05) is 0 Å². The summed E-state index contributed by atoms with van der Waals surface area (Å²) < 4.78 is 2.76. The van der Waals surface area contributed by atoms with Crippen LogP contribution in [0.3, 0.4) is 0 Å². The molecule has 0 fully saturated rings. The number of nitrogens with zero attached hydrogens (tertiary/aromatic N) is 3. The van der Waals surface area contributed by atoms with Crippen LogP contribution in [0.2, 0.25) is 0 Å². The quantitative estimate of drug-likeness (QED) is 0.172. The molecule has 0 saturated carbocycles. The molecule has 3 nitrogen and oxygen atoms in total. The number of hydrogen-bond acceptors (Lipinski definition) is 3. The molecule has 47 heavy (non-hydrogen) atoms. The van der Waals surface area contributed by atoms with Crippen molar-refractivity contribution in [3.63, 3.8) is 0 Å². The molecule has 9 rings (SSSR count). The van der Waals surface area contributed by atoms with E-state index >= 15 is 0 Å². The summed E-state index contributed by atoms with van der Waals surface area (Å²) in [5, 5.41) is 5.03. The molecule has 0 spiro atoms. The van der Waals surface area contributed by atoms with Crippen LogP contribution in [0.25, 0.3) is 86.5 Å². The monoisotopic (exact) mass is 665 g/mol. The van der Waals surface area contributed by atoms with Crippen LogP contribution in [0, 0.1) is 0 Å². The van der Waals surface area contributed by atoms with E-state index < -0.39 is 0 Å². The second-order valence-electron chi connectivity index (χ2n) is 11.6. The van der Waals surface area contributed by atoms with Gasteiger partial charge in [0.2, 0.25) is 0 Å². The minimum atomic E-state index is 0.147. The van der Waals surface area contributed by atoms with E-state index in [2.05, 4.69) is 140 Å². The zero-order chi connectivity index (χ0) is 31.2. The van der Waals surface area contributed by atoms with Crippen LogP contribution in [0.4, 0.5) is 0 Å². The van der Waals surface area contributed by atoms with Crippen LogP contribution in [-0.2, 0) is 0 Å². The summed E-state index contributed by atoms with van der Waals surface area (Å²) in [4.78, 5) is 15.3. The van der Waals surface area contributed by atoms with Gasteiger partial charge >= 0.3 is 262 Å². The van der Waals surface area contributed by atoms with Gasteiger partial charge in [-0.25, -0.2) is 0 Å². The van der Waals surface area contributed by atoms with Gasteiger partial charge in [0.05, 0.1) is 0 Å². The van der Waals surface area contributed by atoms with Crippen molar-refractivity contribution in [1.82, 2.24) is 15.0 Å². The van der Waals surface area contributed by atoms with Crippen molar-refractivity contribution in [2.45, 2.75) is 0 Å². The van der Waals surface area contributed by atoms with E-state index in [1.54, 1.807) is 0 Å². The van der Waals surface area contributed by atoms with Gasteiger partial charge in [-0.1, -0.05) is 18.2 Å². The first-order valence-electron chi connectivity index (χ1n) is 15.7. The molecule has 9 aromatic rings. The molecule has 0 N–H and O–H groups in total. The predicted molar refractivity (Wildman–Crippen MR) is 196 cm³/mol. The van der Waals surface area contributed by atoms with E-state index in [9.17, 15) is 0 Å². The van der Waals surface area contributed by atoms with Gasteiger partial charge in [-0.3, -0.25) is 0 Å². The Morgan fingerprint density at radius 3 is 1.68 bits per heavy atom. The van der Waals surface area contributed by atoms with Crippen LogP contribution in [0.15, 0.2) is 164 Å². The molecular weight excluding hydrogens is 637 g/mol. The van der Waals surface area contributed by atoms with Gasteiger partial charge in [-0.05, 0) is 0 Å². The average molecular weight is 665 g/mol. The Morgan fingerprint density at radius 2 is 0.915 bits per heavy atom. The minimum Gasteiger partial charge on any atom is -0.0617 e. The molecular formula is C43H27N3Se. The summed E-state index contributed by atoms with van der Waals surface area (Å²) in [6.45, 7) is 0. The number of aromatic nitrogens is 3. The molecule has 2 aromatic heterocycles. The fraction of sp³-hybridized carbons (Fsp3) is 0. The molecule has 0 aliphatic heterocycles. The summed E-state index contributed by atoms with van der Waals surface area (Å²) in [5.74, 6) is 2.03. The van der Waals surface area contributed by atoms with E-state index in [1.807, 2.05) is 24.3 Å². The van der Waals surface area contributed by atoms with Crippen molar-refractivity contribution in [1.29, 1.82) is 0 Å². The first-order valence-corrected chi connectivity index (χ1v) is 17.4. The van der Waals surface area contributed by atoms with Crippen LogP contribution in [0.5, 0.6) is 0 Å². The average Bonchev–Trinajstić information content (AvgIpc) is 3.54. The third-order valence-electron chi connectivity index (χ3n) is 8.74.